The molecule has 0 bridgehead atoms. The Labute approximate surface area is 125 Å². The minimum absolute atomic E-state index is 0.0956. The number of carbonyl (C=O) groups is 1. The van der Waals surface area contributed by atoms with Gasteiger partial charge in [0.15, 0.2) is 0 Å². The van der Waals surface area contributed by atoms with Crippen LogP contribution in [-0.2, 0) is 11.2 Å². The largest absolute Gasteiger partial charge is 0.481 e. The Hall–Kier alpha value is -1.39. The highest BCUT2D eigenvalue weighted by Gasteiger charge is 2.38. The molecule has 1 aromatic heterocycles. The van der Waals surface area contributed by atoms with Gasteiger partial charge in [-0.15, -0.1) is 10.2 Å². The van der Waals surface area contributed by atoms with Gasteiger partial charge in [-0.1, -0.05) is 25.7 Å². The number of hydrogen-bond donors (Lipinski definition) is 1. The predicted molar refractivity (Wildman–Crippen MR) is 79.1 cm³/mol. The molecule has 0 aromatic carbocycles. The summed E-state index contributed by atoms with van der Waals surface area (Å²) in [5.41, 5.74) is -0.0956. The Morgan fingerprint density at radius 2 is 1.90 bits per heavy atom. The highest BCUT2D eigenvalue weighted by atomic mass is 16.4. The summed E-state index contributed by atoms with van der Waals surface area (Å²) in [4.78, 5) is 11.3. The fraction of sp³-hybridized carbons (Fsp3) is 0.812. The number of nitrogens with zero attached hydrogens (tertiary/aromatic N) is 3. The second-order valence-corrected chi connectivity index (χ2v) is 6.93. The molecule has 0 saturated heterocycles. The second-order valence-electron chi connectivity index (χ2n) is 6.93. The summed E-state index contributed by atoms with van der Waals surface area (Å²) in [5.74, 6) is 1.32. The van der Waals surface area contributed by atoms with Crippen molar-refractivity contribution in [2.75, 3.05) is 0 Å². The van der Waals surface area contributed by atoms with Crippen molar-refractivity contribution in [3.05, 3.63) is 11.6 Å². The average Bonchev–Trinajstić information content (AvgIpc) is 3.12. The van der Waals surface area contributed by atoms with Crippen LogP contribution in [-0.4, -0.2) is 25.8 Å². The molecular weight excluding hydrogens is 266 g/mol. The van der Waals surface area contributed by atoms with Crippen LogP contribution in [0.5, 0.6) is 0 Å². The Kier molecular flexibility index (Phi) is 4.00. The van der Waals surface area contributed by atoms with E-state index in [0.717, 1.165) is 43.8 Å². The molecule has 0 unspecified atom stereocenters. The molecule has 2 fully saturated rings. The van der Waals surface area contributed by atoms with Crippen molar-refractivity contribution in [1.29, 1.82) is 0 Å². The summed E-state index contributed by atoms with van der Waals surface area (Å²) >= 11 is 0. The molecule has 3 rings (SSSR count). The third-order valence-electron chi connectivity index (χ3n) is 5.35. The van der Waals surface area contributed by atoms with Gasteiger partial charge in [0.1, 0.15) is 11.6 Å². The zero-order chi connectivity index (χ0) is 14.9. The first-order valence-electron chi connectivity index (χ1n) is 8.22. The van der Waals surface area contributed by atoms with Crippen LogP contribution in [0.4, 0.5) is 0 Å². The summed E-state index contributed by atoms with van der Waals surface area (Å²) in [6, 6.07) is 0.526. The van der Waals surface area contributed by atoms with Crippen LogP contribution in [0.15, 0.2) is 0 Å². The first-order chi connectivity index (χ1) is 10.1. The maximum Gasteiger partial charge on any atom is 0.303 e. The lowest BCUT2D eigenvalue weighted by Crippen LogP contribution is -2.26. The summed E-state index contributed by atoms with van der Waals surface area (Å²) in [5, 5.41) is 17.9. The van der Waals surface area contributed by atoms with E-state index in [-0.39, 0.29) is 11.8 Å². The Morgan fingerprint density at radius 1 is 1.24 bits per heavy atom. The lowest BCUT2D eigenvalue weighted by molar-refractivity contribution is -0.139. The molecule has 0 spiro atoms. The fourth-order valence-corrected chi connectivity index (χ4v) is 4.37. The summed E-state index contributed by atoms with van der Waals surface area (Å²) < 4.78 is 2.30. The zero-order valence-electron chi connectivity index (χ0n) is 12.8. The summed E-state index contributed by atoms with van der Waals surface area (Å²) in [7, 11) is 0. The normalized spacial score (nSPS) is 22.0. The third-order valence-corrected chi connectivity index (χ3v) is 5.35. The van der Waals surface area contributed by atoms with E-state index < -0.39 is 5.97 Å². The first-order valence-corrected chi connectivity index (χ1v) is 8.22. The number of aromatic nitrogens is 3. The maximum absolute atomic E-state index is 11.3. The molecule has 1 aromatic rings. The van der Waals surface area contributed by atoms with E-state index in [2.05, 4.69) is 14.8 Å². The fourth-order valence-electron chi connectivity index (χ4n) is 4.37. The van der Waals surface area contributed by atoms with Crippen molar-refractivity contribution in [2.45, 2.75) is 77.2 Å². The van der Waals surface area contributed by atoms with Crippen LogP contribution in [0.25, 0.3) is 0 Å². The number of carboxylic acid groups (broad SMARTS) is 1. The van der Waals surface area contributed by atoms with Crippen molar-refractivity contribution in [1.82, 2.24) is 14.8 Å². The van der Waals surface area contributed by atoms with Crippen molar-refractivity contribution in [3.8, 4) is 0 Å². The highest BCUT2D eigenvalue weighted by Crippen LogP contribution is 2.44. The van der Waals surface area contributed by atoms with Crippen LogP contribution in [0.1, 0.15) is 75.5 Å². The average molecular weight is 291 g/mol. The number of rotatable bonds is 5. The third kappa shape index (κ3) is 2.97. The van der Waals surface area contributed by atoms with Crippen molar-refractivity contribution >= 4 is 5.97 Å². The van der Waals surface area contributed by atoms with Crippen molar-refractivity contribution in [3.63, 3.8) is 0 Å². The van der Waals surface area contributed by atoms with Gasteiger partial charge in [-0.2, -0.15) is 0 Å². The second kappa shape index (κ2) is 5.78. The van der Waals surface area contributed by atoms with Gasteiger partial charge < -0.3 is 9.67 Å². The molecule has 2 aliphatic rings. The summed E-state index contributed by atoms with van der Waals surface area (Å²) in [6.07, 6.45) is 10.3. The lowest BCUT2D eigenvalue weighted by Gasteiger charge is -2.27. The van der Waals surface area contributed by atoms with E-state index >= 15 is 0 Å². The van der Waals surface area contributed by atoms with Crippen molar-refractivity contribution < 1.29 is 9.90 Å². The van der Waals surface area contributed by atoms with Crippen LogP contribution in [0.3, 0.4) is 0 Å². The van der Waals surface area contributed by atoms with Gasteiger partial charge >= 0.3 is 5.97 Å². The lowest BCUT2D eigenvalue weighted by atomic mass is 9.79. The van der Waals surface area contributed by atoms with Crippen LogP contribution in [0, 0.1) is 12.3 Å². The monoisotopic (exact) mass is 291 g/mol. The van der Waals surface area contributed by atoms with Gasteiger partial charge in [0, 0.05) is 12.5 Å². The van der Waals surface area contributed by atoms with E-state index in [0.29, 0.717) is 6.04 Å². The number of hydrogen-bond acceptors (Lipinski definition) is 3. The molecule has 0 amide bonds. The van der Waals surface area contributed by atoms with E-state index in [1.54, 1.807) is 0 Å². The van der Waals surface area contributed by atoms with E-state index in [1.165, 1.54) is 25.7 Å². The molecule has 5 heteroatoms. The number of carboxylic acids is 1. The molecule has 1 N–H and O–H groups in total. The number of aliphatic carboxylic acids is 1. The van der Waals surface area contributed by atoms with Crippen LogP contribution >= 0.6 is 0 Å². The molecular formula is C16H25N3O2. The zero-order valence-corrected chi connectivity index (χ0v) is 12.8. The Morgan fingerprint density at radius 3 is 2.52 bits per heavy atom. The van der Waals surface area contributed by atoms with Gasteiger partial charge in [0.2, 0.25) is 0 Å². The smallest absolute Gasteiger partial charge is 0.303 e. The summed E-state index contributed by atoms with van der Waals surface area (Å²) in [6.45, 7) is 2.02. The molecule has 0 radical (unpaired) electrons. The topological polar surface area (TPSA) is 68.0 Å². The van der Waals surface area contributed by atoms with Crippen LogP contribution in [0.2, 0.25) is 0 Å². The van der Waals surface area contributed by atoms with Crippen LogP contribution < -0.4 is 0 Å². The first kappa shape index (κ1) is 14.5. The van der Waals surface area contributed by atoms with Gasteiger partial charge in [-0.25, -0.2) is 0 Å². The van der Waals surface area contributed by atoms with E-state index in [1.807, 2.05) is 6.92 Å². The van der Waals surface area contributed by atoms with Gasteiger partial charge in [-0.05, 0) is 38.0 Å². The van der Waals surface area contributed by atoms with Gasteiger partial charge in [0.25, 0.3) is 0 Å². The molecule has 2 aliphatic carbocycles. The molecule has 0 aliphatic heterocycles. The van der Waals surface area contributed by atoms with E-state index in [9.17, 15) is 9.90 Å². The molecule has 1 heterocycles. The predicted octanol–water partition coefficient (Wildman–Crippen LogP) is 3.28. The molecule has 2 saturated carbocycles. The molecule has 0 atom stereocenters. The standard InChI is InChI=1S/C16H25N3O2/c1-12-17-18-14(19(12)13-6-2-3-7-13)10-16(11-15(20)21)8-4-5-9-16/h13H,2-11H2,1H3,(H,20,21). The van der Waals surface area contributed by atoms with E-state index in [4.69, 9.17) is 0 Å². The maximum atomic E-state index is 11.3. The van der Waals surface area contributed by atoms with Gasteiger partial charge in [0.05, 0.1) is 6.42 Å². The Balaban J connectivity index is 1.84. The van der Waals surface area contributed by atoms with Crippen molar-refractivity contribution in [2.24, 2.45) is 5.41 Å². The quantitative estimate of drug-likeness (QED) is 0.904. The minimum Gasteiger partial charge on any atom is -0.481 e. The minimum atomic E-state index is -0.680. The highest BCUT2D eigenvalue weighted by molar-refractivity contribution is 5.67. The number of aryl methyl sites for hydroxylation is 1. The SMILES string of the molecule is Cc1nnc(CC2(CC(=O)O)CCCC2)n1C1CCCC1. The molecule has 5 nitrogen and oxygen atoms in total. The Bertz CT molecular complexity index is 512. The van der Waals surface area contributed by atoms with Gasteiger partial charge in [-0.3, -0.25) is 4.79 Å². The molecule has 21 heavy (non-hydrogen) atoms. The molecule has 116 valence electrons.